The molecule has 0 radical (unpaired) electrons. The number of imidazole rings is 1. The van der Waals surface area contributed by atoms with E-state index in [0.29, 0.717) is 16.6 Å². The van der Waals surface area contributed by atoms with Gasteiger partial charge in [-0.05, 0) is 30.7 Å². The lowest BCUT2D eigenvalue weighted by atomic mass is 10.2. The number of rotatable bonds is 1. The first kappa shape index (κ1) is 11.6. The van der Waals surface area contributed by atoms with E-state index in [0.717, 1.165) is 0 Å². The van der Waals surface area contributed by atoms with Crippen LogP contribution in [0.5, 0.6) is 0 Å². The normalized spacial score (nSPS) is 11.1. The van der Waals surface area contributed by atoms with Crippen LogP contribution in [0.1, 0.15) is 5.56 Å². The van der Waals surface area contributed by atoms with Crippen LogP contribution in [0.4, 0.5) is 14.7 Å². The molecule has 0 atom stereocenters. The van der Waals surface area contributed by atoms with E-state index in [9.17, 15) is 8.78 Å². The van der Waals surface area contributed by atoms with Crippen LogP contribution in [0.15, 0.2) is 36.4 Å². The van der Waals surface area contributed by atoms with Gasteiger partial charge in [0.05, 0.1) is 11.0 Å². The Morgan fingerprint density at radius 3 is 2.63 bits per heavy atom. The van der Waals surface area contributed by atoms with Crippen molar-refractivity contribution >= 4 is 17.0 Å². The molecule has 2 N–H and O–H groups in total. The maximum absolute atomic E-state index is 14.2. The third-order valence-electron chi connectivity index (χ3n) is 3.07. The second-order valence-electron chi connectivity index (χ2n) is 4.32. The summed E-state index contributed by atoms with van der Waals surface area (Å²) < 4.78 is 29.4. The van der Waals surface area contributed by atoms with E-state index >= 15 is 0 Å². The molecule has 3 nitrogen and oxygen atoms in total. The quantitative estimate of drug-likeness (QED) is 0.729. The zero-order chi connectivity index (χ0) is 13.6. The molecule has 0 aliphatic rings. The van der Waals surface area contributed by atoms with E-state index in [1.54, 1.807) is 31.2 Å². The molecule has 0 aliphatic heterocycles. The number of benzene rings is 2. The van der Waals surface area contributed by atoms with Gasteiger partial charge in [0.1, 0.15) is 11.5 Å². The zero-order valence-electron chi connectivity index (χ0n) is 10.2. The summed E-state index contributed by atoms with van der Waals surface area (Å²) in [6.45, 7) is 1.58. The Morgan fingerprint density at radius 1 is 1.11 bits per heavy atom. The Morgan fingerprint density at radius 2 is 1.84 bits per heavy atom. The lowest BCUT2D eigenvalue weighted by Gasteiger charge is -2.10. The Balaban J connectivity index is 2.43. The van der Waals surface area contributed by atoms with Crippen LogP contribution < -0.4 is 5.73 Å². The average molecular weight is 259 g/mol. The van der Waals surface area contributed by atoms with Crippen molar-refractivity contribution in [1.29, 1.82) is 0 Å². The molecule has 2 aromatic carbocycles. The van der Waals surface area contributed by atoms with Crippen molar-refractivity contribution in [3.63, 3.8) is 0 Å². The Bertz CT molecular complexity index is 778. The van der Waals surface area contributed by atoms with Crippen molar-refractivity contribution in [3.8, 4) is 5.69 Å². The molecule has 1 aromatic heterocycles. The monoisotopic (exact) mass is 259 g/mol. The van der Waals surface area contributed by atoms with Crippen LogP contribution in [-0.2, 0) is 0 Å². The molecular formula is C14H11F2N3. The summed E-state index contributed by atoms with van der Waals surface area (Å²) in [5.74, 6) is -1.24. The van der Waals surface area contributed by atoms with Gasteiger partial charge in [-0.3, -0.25) is 4.57 Å². The topological polar surface area (TPSA) is 43.8 Å². The number of anilines is 1. The molecule has 0 saturated carbocycles. The number of fused-ring (bicyclic) bond motifs is 1. The van der Waals surface area contributed by atoms with Gasteiger partial charge in [0.25, 0.3) is 0 Å². The number of aryl methyl sites for hydroxylation is 1. The summed E-state index contributed by atoms with van der Waals surface area (Å²) >= 11 is 0. The van der Waals surface area contributed by atoms with Gasteiger partial charge >= 0.3 is 0 Å². The van der Waals surface area contributed by atoms with Crippen LogP contribution in [0.3, 0.4) is 0 Å². The van der Waals surface area contributed by atoms with Crippen LogP contribution in [0.25, 0.3) is 16.7 Å². The first-order valence-corrected chi connectivity index (χ1v) is 5.77. The predicted octanol–water partition coefficient (Wildman–Crippen LogP) is 3.19. The van der Waals surface area contributed by atoms with Gasteiger partial charge in [0, 0.05) is 0 Å². The minimum atomic E-state index is -0.669. The highest BCUT2D eigenvalue weighted by atomic mass is 19.1. The molecule has 96 valence electrons. The van der Waals surface area contributed by atoms with Gasteiger partial charge in [-0.2, -0.15) is 0 Å². The van der Waals surface area contributed by atoms with Gasteiger partial charge in [0.15, 0.2) is 5.82 Å². The highest BCUT2D eigenvalue weighted by molar-refractivity contribution is 5.80. The molecule has 3 rings (SSSR count). The molecule has 0 aliphatic carbocycles. The van der Waals surface area contributed by atoms with Gasteiger partial charge in [-0.15, -0.1) is 0 Å². The third-order valence-corrected chi connectivity index (χ3v) is 3.07. The third kappa shape index (κ3) is 1.66. The largest absolute Gasteiger partial charge is 0.369 e. The van der Waals surface area contributed by atoms with E-state index in [1.165, 1.54) is 16.7 Å². The summed E-state index contributed by atoms with van der Waals surface area (Å²) in [6.07, 6.45) is 0. The first-order valence-electron chi connectivity index (χ1n) is 5.77. The molecule has 0 saturated heterocycles. The van der Waals surface area contributed by atoms with Crippen molar-refractivity contribution in [3.05, 3.63) is 53.6 Å². The molecule has 3 aromatic rings. The van der Waals surface area contributed by atoms with Crippen LogP contribution in [0.2, 0.25) is 0 Å². The summed E-state index contributed by atoms with van der Waals surface area (Å²) in [5.41, 5.74) is 7.13. The SMILES string of the molecule is Cc1ccc(F)c(-n2c(N)nc3ccccc32)c1F. The molecule has 0 unspecified atom stereocenters. The highest BCUT2D eigenvalue weighted by Crippen LogP contribution is 2.27. The Labute approximate surface area is 108 Å². The summed E-state index contributed by atoms with van der Waals surface area (Å²) in [5, 5.41) is 0. The summed E-state index contributed by atoms with van der Waals surface area (Å²) in [7, 11) is 0. The number of hydrogen-bond acceptors (Lipinski definition) is 2. The van der Waals surface area contributed by atoms with Crippen molar-refractivity contribution in [2.45, 2.75) is 6.92 Å². The number of hydrogen-bond donors (Lipinski definition) is 1. The fourth-order valence-corrected chi connectivity index (χ4v) is 2.13. The van der Waals surface area contributed by atoms with Crippen molar-refractivity contribution < 1.29 is 8.78 Å². The minimum Gasteiger partial charge on any atom is -0.369 e. The number of para-hydroxylation sites is 2. The minimum absolute atomic E-state index is 0.0598. The lowest BCUT2D eigenvalue weighted by Crippen LogP contribution is -2.06. The molecule has 0 spiro atoms. The van der Waals surface area contributed by atoms with Crippen molar-refractivity contribution in [2.75, 3.05) is 5.73 Å². The summed E-state index contributed by atoms with van der Waals surface area (Å²) in [6, 6.07) is 9.65. The molecule has 19 heavy (non-hydrogen) atoms. The van der Waals surface area contributed by atoms with E-state index in [4.69, 9.17) is 5.73 Å². The van der Waals surface area contributed by atoms with Gasteiger partial charge in [-0.1, -0.05) is 18.2 Å². The number of halogens is 2. The standard InChI is InChI=1S/C14H11F2N3/c1-8-6-7-9(15)13(12(8)16)19-11-5-3-2-4-10(11)18-14(19)17/h2-7H,1H3,(H2,17,18). The van der Waals surface area contributed by atoms with Crippen molar-refractivity contribution in [1.82, 2.24) is 9.55 Å². The second kappa shape index (κ2) is 4.05. The second-order valence-corrected chi connectivity index (χ2v) is 4.32. The van der Waals surface area contributed by atoms with E-state index in [-0.39, 0.29) is 11.6 Å². The van der Waals surface area contributed by atoms with Gasteiger partial charge in [-0.25, -0.2) is 13.8 Å². The smallest absolute Gasteiger partial charge is 0.206 e. The molecule has 5 heteroatoms. The van der Waals surface area contributed by atoms with Crippen LogP contribution >= 0.6 is 0 Å². The predicted molar refractivity (Wildman–Crippen MR) is 70.1 cm³/mol. The molecule has 0 bridgehead atoms. The maximum atomic E-state index is 14.2. The molecule has 0 amide bonds. The average Bonchev–Trinajstić information content (AvgIpc) is 2.72. The fraction of sp³-hybridized carbons (Fsp3) is 0.0714. The summed E-state index contributed by atoms with van der Waals surface area (Å²) in [4.78, 5) is 4.11. The Kier molecular flexibility index (Phi) is 2.48. The van der Waals surface area contributed by atoms with Crippen LogP contribution in [-0.4, -0.2) is 9.55 Å². The lowest BCUT2D eigenvalue weighted by molar-refractivity contribution is 0.566. The van der Waals surface area contributed by atoms with Crippen molar-refractivity contribution in [2.24, 2.45) is 0 Å². The molecule has 1 heterocycles. The number of nitrogen functional groups attached to an aromatic ring is 1. The van der Waals surface area contributed by atoms with Gasteiger partial charge in [0.2, 0.25) is 5.95 Å². The van der Waals surface area contributed by atoms with Crippen LogP contribution in [0, 0.1) is 18.6 Å². The zero-order valence-corrected chi connectivity index (χ0v) is 10.2. The van der Waals surface area contributed by atoms with E-state index < -0.39 is 11.6 Å². The highest BCUT2D eigenvalue weighted by Gasteiger charge is 2.18. The first-order chi connectivity index (χ1) is 9.09. The Hall–Kier alpha value is -2.43. The fourth-order valence-electron chi connectivity index (χ4n) is 2.13. The van der Waals surface area contributed by atoms with Gasteiger partial charge < -0.3 is 5.73 Å². The molecular weight excluding hydrogens is 248 g/mol. The number of aromatic nitrogens is 2. The number of nitrogens with two attached hydrogens (primary N) is 1. The maximum Gasteiger partial charge on any atom is 0.206 e. The number of nitrogens with zero attached hydrogens (tertiary/aromatic N) is 2. The van der Waals surface area contributed by atoms with E-state index in [1.807, 2.05) is 0 Å². The van der Waals surface area contributed by atoms with E-state index in [2.05, 4.69) is 4.98 Å². The molecule has 0 fully saturated rings.